The minimum absolute atomic E-state index is 0. The Balaban J connectivity index is 0.000000605. The number of ether oxygens (including phenoxy) is 2. The average Bonchev–Trinajstić information content (AvgIpc) is 2.21. The van der Waals surface area contributed by atoms with Gasteiger partial charge in [0.25, 0.3) is 0 Å². The van der Waals surface area contributed by atoms with Gasteiger partial charge in [-0.1, -0.05) is 0 Å². The molecule has 64 valence electrons. The lowest BCUT2D eigenvalue weighted by Crippen LogP contribution is -2.18. The van der Waals surface area contributed by atoms with Gasteiger partial charge in [-0.15, -0.1) is 12.4 Å². The van der Waals surface area contributed by atoms with Crippen LogP contribution in [0.2, 0.25) is 0 Å². The highest BCUT2D eigenvalue weighted by molar-refractivity contribution is 5.85. The standard InChI is InChI=1S/C6H9NO3.ClH/c7-3-1-4-5(2-3)10-6(8)9-4;/h3-5H,1-2,7H2;1H. The fourth-order valence-corrected chi connectivity index (χ4v) is 1.52. The summed E-state index contributed by atoms with van der Waals surface area (Å²) in [4.78, 5) is 10.5. The zero-order chi connectivity index (χ0) is 7.14. The van der Waals surface area contributed by atoms with Gasteiger partial charge in [0, 0.05) is 18.9 Å². The van der Waals surface area contributed by atoms with E-state index in [2.05, 4.69) is 0 Å². The molecule has 0 spiro atoms. The summed E-state index contributed by atoms with van der Waals surface area (Å²) in [6.07, 6.45) is 0.819. The highest BCUT2D eigenvalue weighted by Gasteiger charge is 2.43. The van der Waals surface area contributed by atoms with Gasteiger partial charge in [0.05, 0.1) is 0 Å². The van der Waals surface area contributed by atoms with Crippen molar-refractivity contribution in [2.75, 3.05) is 0 Å². The van der Waals surface area contributed by atoms with Gasteiger partial charge < -0.3 is 15.2 Å². The number of hydrogen-bond donors (Lipinski definition) is 1. The fraction of sp³-hybridized carbons (Fsp3) is 0.833. The first-order chi connectivity index (χ1) is 4.75. The second-order valence-corrected chi connectivity index (χ2v) is 2.79. The van der Waals surface area contributed by atoms with E-state index in [1.807, 2.05) is 0 Å². The van der Waals surface area contributed by atoms with Crippen molar-refractivity contribution in [1.82, 2.24) is 0 Å². The molecule has 0 radical (unpaired) electrons. The largest absolute Gasteiger partial charge is 0.509 e. The Labute approximate surface area is 70.4 Å². The van der Waals surface area contributed by atoms with E-state index in [-0.39, 0.29) is 30.7 Å². The van der Waals surface area contributed by atoms with Gasteiger partial charge in [0.2, 0.25) is 0 Å². The molecule has 1 heterocycles. The molecule has 2 unspecified atom stereocenters. The summed E-state index contributed by atoms with van der Waals surface area (Å²) in [5.41, 5.74) is 5.60. The van der Waals surface area contributed by atoms with Crippen molar-refractivity contribution in [2.45, 2.75) is 31.1 Å². The summed E-state index contributed by atoms with van der Waals surface area (Å²) in [6.45, 7) is 0. The first kappa shape index (κ1) is 8.62. The van der Waals surface area contributed by atoms with Gasteiger partial charge in [0.15, 0.2) is 0 Å². The smallest absolute Gasteiger partial charge is 0.427 e. The van der Waals surface area contributed by atoms with E-state index in [1.54, 1.807) is 0 Å². The summed E-state index contributed by atoms with van der Waals surface area (Å²) in [6, 6.07) is 0.142. The summed E-state index contributed by atoms with van der Waals surface area (Å²) >= 11 is 0. The molecule has 0 amide bonds. The predicted octanol–water partition coefficient (Wildman–Crippen LogP) is 0.433. The molecule has 2 atom stereocenters. The van der Waals surface area contributed by atoms with Gasteiger partial charge >= 0.3 is 6.16 Å². The Bertz CT molecular complexity index is 159. The molecule has 0 bridgehead atoms. The van der Waals surface area contributed by atoms with E-state index in [1.165, 1.54) is 0 Å². The lowest BCUT2D eigenvalue weighted by atomic mass is 10.3. The first-order valence-electron chi connectivity index (χ1n) is 3.38. The molecule has 2 aliphatic rings. The van der Waals surface area contributed by atoms with Crippen molar-refractivity contribution in [2.24, 2.45) is 5.73 Å². The van der Waals surface area contributed by atoms with Crippen LogP contribution in [0.3, 0.4) is 0 Å². The van der Waals surface area contributed by atoms with E-state index >= 15 is 0 Å². The first-order valence-corrected chi connectivity index (χ1v) is 3.38. The maximum atomic E-state index is 10.5. The SMILES string of the molecule is Cl.NC1CC2OC(=O)OC2C1. The van der Waals surface area contributed by atoms with Crippen molar-refractivity contribution < 1.29 is 14.3 Å². The molecular formula is C6H10ClNO3. The van der Waals surface area contributed by atoms with Crippen molar-refractivity contribution in [3.63, 3.8) is 0 Å². The van der Waals surface area contributed by atoms with Crippen LogP contribution in [0.4, 0.5) is 4.79 Å². The lowest BCUT2D eigenvalue weighted by molar-refractivity contribution is 0.108. The number of fused-ring (bicyclic) bond motifs is 1. The van der Waals surface area contributed by atoms with Crippen LogP contribution in [0.5, 0.6) is 0 Å². The lowest BCUT2D eigenvalue weighted by Gasteiger charge is -2.00. The zero-order valence-corrected chi connectivity index (χ0v) is 6.67. The van der Waals surface area contributed by atoms with E-state index in [0.29, 0.717) is 0 Å². The molecule has 0 aromatic rings. The molecule has 2 N–H and O–H groups in total. The molecule has 0 aromatic carbocycles. The molecule has 1 aliphatic heterocycles. The van der Waals surface area contributed by atoms with E-state index in [0.717, 1.165) is 12.8 Å². The quantitative estimate of drug-likeness (QED) is 0.548. The molecule has 1 aliphatic carbocycles. The Morgan fingerprint density at radius 2 is 1.73 bits per heavy atom. The minimum Gasteiger partial charge on any atom is -0.427 e. The second-order valence-electron chi connectivity index (χ2n) is 2.79. The van der Waals surface area contributed by atoms with Crippen LogP contribution in [0.25, 0.3) is 0 Å². The van der Waals surface area contributed by atoms with Crippen LogP contribution in [0.15, 0.2) is 0 Å². The number of carbonyl (C=O) groups is 1. The average molecular weight is 180 g/mol. The Hall–Kier alpha value is -0.480. The highest BCUT2D eigenvalue weighted by atomic mass is 35.5. The molecule has 5 heteroatoms. The summed E-state index contributed by atoms with van der Waals surface area (Å²) in [7, 11) is 0. The van der Waals surface area contributed by atoms with Crippen LogP contribution in [0, 0.1) is 0 Å². The molecular weight excluding hydrogens is 170 g/mol. The molecule has 11 heavy (non-hydrogen) atoms. The fourth-order valence-electron chi connectivity index (χ4n) is 1.52. The predicted molar refractivity (Wildman–Crippen MR) is 39.6 cm³/mol. The molecule has 2 fully saturated rings. The summed E-state index contributed by atoms with van der Waals surface area (Å²) < 4.78 is 9.63. The van der Waals surface area contributed by atoms with E-state index in [4.69, 9.17) is 15.2 Å². The monoisotopic (exact) mass is 179 g/mol. The third-order valence-electron chi connectivity index (χ3n) is 1.98. The van der Waals surface area contributed by atoms with Crippen LogP contribution in [-0.4, -0.2) is 24.4 Å². The number of rotatable bonds is 0. The second kappa shape index (κ2) is 2.87. The molecule has 1 saturated heterocycles. The maximum absolute atomic E-state index is 10.5. The molecule has 1 saturated carbocycles. The number of carbonyl (C=O) groups excluding carboxylic acids is 1. The topological polar surface area (TPSA) is 61.5 Å². The van der Waals surface area contributed by atoms with Gasteiger partial charge in [0.1, 0.15) is 12.2 Å². The van der Waals surface area contributed by atoms with E-state index < -0.39 is 6.16 Å². The van der Waals surface area contributed by atoms with Gasteiger partial charge in [-0.2, -0.15) is 0 Å². The third kappa shape index (κ3) is 1.41. The Kier molecular flexibility index (Phi) is 2.25. The number of nitrogens with two attached hydrogens (primary N) is 1. The van der Waals surface area contributed by atoms with Crippen LogP contribution < -0.4 is 5.73 Å². The van der Waals surface area contributed by atoms with Crippen LogP contribution in [-0.2, 0) is 9.47 Å². The van der Waals surface area contributed by atoms with Gasteiger partial charge in [-0.05, 0) is 0 Å². The van der Waals surface area contributed by atoms with E-state index in [9.17, 15) is 4.79 Å². The van der Waals surface area contributed by atoms with Gasteiger partial charge in [-0.3, -0.25) is 0 Å². The van der Waals surface area contributed by atoms with Crippen molar-refractivity contribution in [3.8, 4) is 0 Å². The minimum atomic E-state index is -0.540. The number of hydrogen-bond acceptors (Lipinski definition) is 4. The number of halogens is 1. The van der Waals surface area contributed by atoms with Crippen molar-refractivity contribution >= 4 is 18.6 Å². The molecule has 2 rings (SSSR count). The normalized spacial score (nSPS) is 40.5. The Morgan fingerprint density at radius 1 is 1.27 bits per heavy atom. The highest BCUT2D eigenvalue weighted by Crippen LogP contribution is 2.29. The molecule has 4 nitrogen and oxygen atoms in total. The van der Waals surface area contributed by atoms with Crippen molar-refractivity contribution in [1.29, 1.82) is 0 Å². The van der Waals surface area contributed by atoms with Gasteiger partial charge in [-0.25, -0.2) is 4.79 Å². The molecule has 0 aromatic heterocycles. The summed E-state index contributed by atoms with van der Waals surface area (Å²) in [5.74, 6) is 0. The van der Waals surface area contributed by atoms with Crippen molar-refractivity contribution in [3.05, 3.63) is 0 Å². The zero-order valence-electron chi connectivity index (χ0n) is 5.86. The maximum Gasteiger partial charge on any atom is 0.509 e. The third-order valence-corrected chi connectivity index (χ3v) is 1.98. The van der Waals surface area contributed by atoms with Crippen LogP contribution in [0.1, 0.15) is 12.8 Å². The van der Waals surface area contributed by atoms with Crippen LogP contribution >= 0.6 is 12.4 Å². The summed E-state index contributed by atoms with van der Waals surface area (Å²) in [5, 5.41) is 0. The Morgan fingerprint density at radius 3 is 2.18 bits per heavy atom.